The molecule has 1 heterocycles. The Labute approximate surface area is 97.4 Å². The average Bonchev–Trinajstić information content (AvgIpc) is 2.16. The van der Waals surface area contributed by atoms with Crippen LogP contribution >= 0.6 is 15.9 Å². The second kappa shape index (κ2) is 6.84. The Morgan fingerprint density at radius 1 is 1.43 bits per heavy atom. The van der Waals surface area contributed by atoms with E-state index in [0.29, 0.717) is 0 Å². The van der Waals surface area contributed by atoms with Gasteiger partial charge in [-0.25, -0.2) is 0 Å². The molecule has 1 fully saturated rings. The molecule has 1 aliphatic rings. The minimum atomic E-state index is 0.853. The van der Waals surface area contributed by atoms with Crippen LogP contribution in [0, 0.1) is 11.8 Å². The predicted molar refractivity (Wildman–Crippen MR) is 67.0 cm³/mol. The fourth-order valence-corrected chi connectivity index (χ4v) is 2.83. The smallest absolute Gasteiger partial charge is 0.00344 e. The van der Waals surface area contributed by atoms with E-state index in [1.807, 2.05) is 0 Å². The first-order valence-corrected chi connectivity index (χ1v) is 7.13. The lowest BCUT2D eigenvalue weighted by atomic mass is 9.95. The molecule has 0 bridgehead atoms. The summed E-state index contributed by atoms with van der Waals surface area (Å²) in [6, 6.07) is 0. The Morgan fingerprint density at radius 3 is 2.86 bits per heavy atom. The highest BCUT2D eigenvalue weighted by molar-refractivity contribution is 9.09. The van der Waals surface area contributed by atoms with E-state index >= 15 is 0 Å². The number of piperidine rings is 1. The first-order chi connectivity index (χ1) is 6.72. The largest absolute Gasteiger partial charge is 0.303 e. The van der Waals surface area contributed by atoms with E-state index in [4.69, 9.17) is 0 Å². The van der Waals surface area contributed by atoms with Gasteiger partial charge in [-0.2, -0.15) is 0 Å². The van der Waals surface area contributed by atoms with Crippen molar-refractivity contribution >= 4 is 15.9 Å². The molecule has 1 rings (SSSR count). The van der Waals surface area contributed by atoms with Gasteiger partial charge in [-0.3, -0.25) is 0 Å². The zero-order valence-electron chi connectivity index (χ0n) is 9.64. The number of likely N-dealkylation sites (tertiary alicyclic amines) is 1. The Hall–Kier alpha value is 0.440. The molecule has 1 atom stereocenters. The Balaban J connectivity index is 2.18. The molecule has 1 aliphatic heterocycles. The first kappa shape index (κ1) is 12.5. The molecule has 1 nitrogen and oxygen atoms in total. The minimum absolute atomic E-state index is 0.853. The highest BCUT2D eigenvalue weighted by atomic mass is 79.9. The van der Waals surface area contributed by atoms with E-state index in [1.54, 1.807) is 0 Å². The third-order valence-corrected chi connectivity index (χ3v) is 3.60. The molecule has 0 N–H and O–H groups in total. The van der Waals surface area contributed by atoms with Crippen molar-refractivity contribution in [3.05, 3.63) is 0 Å². The Bertz CT molecular complexity index is 145. The normalized spacial score (nSPS) is 24.4. The van der Waals surface area contributed by atoms with Crippen molar-refractivity contribution in [2.75, 3.05) is 25.0 Å². The SMILES string of the molecule is CC(C)CCN1CCCC(CCBr)C1. The van der Waals surface area contributed by atoms with Crippen LogP contribution in [-0.4, -0.2) is 29.9 Å². The molecule has 14 heavy (non-hydrogen) atoms. The van der Waals surface area contributed by atoms with E-state index in [2.05, 4.69) is 34.7 Å². The van der Waals surface area contributed by atoms with Crippen molar-refractivity contribution in [2.45, 2.75) is 39.5 Å². The van der Waals surface area contributed by atoms with Crippen LogP contribution in [0.15, 0.2) is 0 Å². The van der Waals surface area contributed by atoms with E-state index in [1.165, 1.54) is 50.6 Å². The summed E-state index contributed by atoms with van der Waals surface area (Å²) in [5.41, 5.74) is 0. The summed E-state index contributed by atoms with van der Waals surface area (Å²) in [6.45, 7) is 8.64. The van der Waals surface area contributed by atoms with Gasteiger partial charge in [0.05, 0.1) is 0 Å². The van der Waals surface area contributed by atoms with Crippen molar-refractivity contribution in [3.8, 4) is 0 Å². The van der Waals surface area contributed by atoms with Gasteiger partial charge in [0.25, 0.3) is 0 Å². The summed E-state index contributed by atoms with van der Waals surface area (Å²) in [7, 11) is 0. The number of rotatable bonds is 5. The lowest BCUT2D eigenvalue weighted by Gasteiger charge is -2.32. The van der Waals surface area contributed by atoms with Crippen molar-refractivity contribution in [2.24, 2.45) is 11.8 Å². The molecule has 0 radical (unpaired) electrons. The molecule has 0 amide bonds. The fraction of sp³-hybridized carbons (Fsp3) is 1.00. The van der Waals surface area contributed by atoms with Gasteiger partial charge in [-0.05, 0) is 50.6 Å². The van der Waals surface area contributed by atoms with Gasteiger partial charge in [0.15, 0.2) is 0 Å². The topological polar surface area (TPSA) is 3.24 Å². The zero-order chi connectivity index (χ0) is 10.4. The third-order valence-electron chi connectivity index (χ3n) is 3.14. The van der Waals surface area contributed by atoms with Crippen LogP contribution in [0.3, 0.4) is 0 Å². The van der Waals surface area contributed by atoms with Crippen molar-refractivity contribution in [1.29, 1.82) is 0 Å². The summed E-state index contributed by atoms with van der Waals surface area (Å²) in [4.78, 5) is 2.66. The van der Waals surface area contributed by atoms with Crippen LogP contribution in [0.25, 0.3) is 0 Å². The monoisotopic (exact) mass is 261 g/mol. The highest BCUT2D eigenvalue weighted by Crippen LogP contribution is 2.20. The van der Waals surface area contributed by atoms with Crippen LogP contribution in [0.2, 0.25) is 0 Å². The van der Waals surface area contributed by atoms with Crippen LogP contribution in [0.5, 0.6) is 0 Å². The number of alkyl halides is 1. The number of halogens is 1. The quantitative estimate of drug-likeness (QED) is 0.685. The molecule has 0 aromatic carbocycles. The van der Waals surface area contributed by atoms with Gasteiger partial charge in [-0.15, -0.1) is 0 Å². The average molecular weight is 262 g/mol. The summed E-state index contributed by atoms with van der Waals surface area (Å²) in [5, 5.41) is 1.18. The Kier molecular flexibility index (Phi) is 6.11. The molecule has 0 aromatic rings. The van der Waals surface area contributed by atoms with Gasteiger partial charge < -0.3 is 4.90 Å². The van der Waals surface area contributed by atoms with Gasteiger partial charge in [0.2, 0.25) is 0 Å². The molecule has 1 saturated heterocycles. The lowest BCUT2D eigenvalue weighted by Crippen LogP contribution is -2.36. The standard InChI is InChI=1S/C12H24BrN/c1-11(2)6-9-14-8-3-4-12(10-14)5-7-13/h11-12H,3-10H2,1-2H3. The lowest BCUT2D eigenvalue weighted by molar-refractivity contribution is 0.165. The van der Waals surface area contributed by atoms with Gasteiger partial charge in [-0.1, -0.05) is 29.8 Å². The first-order valence-electron chi connectivity index (χ1n) is 6.00. The second-order valence-electron chi connectivity index (χ2n) is 4.97. The second-order valence-corrected chi connectivity index (χ2v) is 5.76. The number of hydrogen-bond acceptors (Lipinski definition) is 1. The van der Waals surface area contributed by atoms with E-state index in [-0.39, 0.29) is 0 Å². The molecule has 0 aliphatic carbocycles. The zero-order valence-corrected chi connectivity index (χ0v) is 11.2. The maximum Gasteiger partial charge on any atom is 0.00344 e. The van der Waals surface area contributed by atoms with Gasteiger partial charge in [0.1, 0.15) is 0 Å². The molecule has 2 heteroatoms. The van der Waals surface area contributed by atoms with Crippen LogP contribution < -0.4 is 0 Å². The van der Waals surface area contributed by atoms with Crippen LogP contribution in [-0.2, 0) is 0 Å². The predicted octanol–water partition coefficient (Wildman–Crippen LogP) is 3.53. The van der Waals surface area contributed by atoms with Crippen molar-refractivity contribution < 1.29 is 0 Å². The molecule has 1 unspecified atom stereocenters. The minimum Gasteiger partial charge on any atom is -0.303 e. The maximum atomic E-state index is 3.55. The fourth-order valence-electron chi connectivity index (χ4n) is 2.19. The Morgan fingerprint density at radius 2 is 2.21 bits per heavy atom. The molecular formula is C12H24BrN. The van der Waals surface area contributed by atoms with Crippen molar-refractivity contribution in [3.63, 3.8) is 0 Å². The maximum absolute atomic E-state index is 3.55. The molecule has 0 saturated carbocycles. The highest BCUT2D eigenvalue weighted by Gasteiger charge is 2.18. The molecule has 0 spiro atoms. The third kappa shape index (κ3) is 4.79. The van der Waals surface area contributed by atoms with E-state index < -0.39 is 0 Å². The summed E-state index contributed by atoms with van der Waals surface area (Å²) in [5.74, 6) is 1.81. The summed E-state index contributed by atoms with van der Waals surface area (Å²) in [6.07, 6.45) is 5.58. The van der Waals surface area contributed by atoms with E-state index in [9.17, 15) is 0 Å². The van der Waals surface area contributed by atoms with Gasteiger partial charge in [0, 0.05) is 11.9 Å². The van der Waals surface area contributed by atoms with E-state index in [0.717, 1.165) is 11.8 Å². The number of nitrogens with zero attached hydrogens (tertiary/aromatic N) is 1. The van der Waals surface area contributed by atoms with Crippen LogP contribution in [0.4, 0.5) is 0 Å². The van der Waals surface area contributed by atoms with Crippen molar-refractivity contribution in [1.82, 2.24) is 4.90 Å². The molecule has 0 aromatic heterocycles. The van der Waals surface area contributed by atoms with Gasteiger partial charge >= 0.3 is 0 Å². The van der Waals surface area contributed by atoms with Crippen LogP contribution in [0.1, 0.15) is 39.5 Å². The number of hydrogen-bond donors (Lipinski definition) is 0. The summed E-state index contributed by atoms with van der Waals surface area (Å²) < 4.78 is 0. The summed E-state index contributed by atoms with van der Waals surface area (Å²) >= 11 is 3.55. The molecular weight excluding hydrogens is 238 g/mol. The molecule has 84 valence electrons.